The van der Waals surface area contributed by atoms with E-state index in [0.29, 0.717) is 18.0 Å². The van der Waals surface area contributed by atoms with E-state index < -0.39 is 0 Å². The van der Waals surface area contributed by atoms with Gasteiger partial charge < -0.3 is 9.73 Å². The number of rotatable bonds is 5. The van der Waals surface area contributed by atoms with Crippen LogP contribution in [0.4, 0.5) is 0 Å². The van der Waals surface area contributed by atoms with Gasteiger partial charge in [-0.3, -0.25) is 4.79 Å². The lowest BCUT2D eigenvalue weighted by Gasteiger charge is -2.11. The van der Waals surface area contributed by atoms with Crippen molar-refractivity contribution in [1.82, 2.24) is 15.1 Å². The average molecular weight is 371 g/mol. The lowest BCUT2D eigenvalue weighted by molar-refractivity contribution is 0.0940. The summed E-state index contributed by atoms with van der Waals surface area (Å²) < 4.78 is 7.02. The molecule has 0 saturated heterocycles. The number of aromatic nitrogens is 2. The Hall–Kier alpha value is -3.60. The van der Waals surface area contributed by atoms with Crippen molar-refractivity contribution >= 4 is 5.91 Å². The second-order valence-corrected chi connectivity index (χ2v) is 6.74. The first kappa shape index (κ1) is 17.8. The molecule has 5 nitrogen and oxygen atoms in total. The van der Waals surface area contributed by atoms with Crippen LogP contribution >= 0.6 is 0 Å². The highest BCUT2D eigenvalue weighted by Crippen LogP contribution is 2.24. The molecule has 0 saturated carbocycles. The van der Waals surface area contributed by atoms with E-state index in [1.807, 2.05) is 68.4 Å². The van der Waals surface area contributed by atoms with Gasteiger partial charge >= 0.3 is 0 Å². The van der Waals surface area contributed by atoms with Crippen molar-refractivity contribution < 1.29 is 9.21 Å². The van der Waals surface area contributed by atoms with Crippen molar-refractivity contribution in [2.75, 3.05) is 0 Å². The number of nitrogens with one attached hydrogen (secondary N) is 1. The van der Waals surface area contributed by atoms with Gasteiger partial charge in [-0.1, -0.05) is 48.0 Å². The van der Waals surface area contributed by atoms with E-state index in [0.717, 1.165) is 22.5 Å². The topological polar surface area (TPSA) is 60.1 Å². The summed E-state index contributed by atoms with van der Waals surface area (Å²) in [6.45, 7) is 4.40. The Morgan fingerprint density at radius 3 is 2.57 bits per heavy atom. The molecular weight excluding hydrogens is 350 g/mol. The fourth-order valence-electron chi connectivity index (χ4n) is 3.19. The SMILES string of the molecule is Cc1ccc(-n2nc(-c3ccccc3)cc2C(=O)NCc2ccco2)c(C)c1. The molecule has 1 N–H and O–H groups in total. The summed E-state index contributed by atoms with van der Waals surface area (Å²) >= 11 is 0. The molecule has 4 aromatic rings. The van der Waals surface area contributed by atoms with E-state index in [1.165, 1.54) is 5.56 Å². The maximum absolute atomic E-state index is 12.9. The number of carbonyl (C=O) groups is 1. The molecule has 2 aromatic heterocycles. The van der Waals surface area contributed by atoms with Crippen LogP contribution in [0.5, 0.6) is 0 Å². The Balaban J connectivity index is 1.74. The average Bonchev–Trinajstić information content (AvgIpc) is 3.37. The summed E-state index contributed by atoms with van der Waals surface area (Å²) in [5, 5.41) is 7.65. The van der Waals surface area contributed by atoms with Gasteiger partial charge in [0.15, 0.2) is 0 Å². The molecule has 5 heteroatoms. The Labute approximate surface area is 163 Å². The van der Waals surface area contributed by atoms with Crippen LogP contribution < -0.4 is 5.32 Å². The quantitative estimate of drug-likeness (QED) is 0.554. The van der Waals surface area contributed by atoms with Gasteiger partial charge in [0, 0.05) is 5.56 Å². The summed E-state index contributed by atoms with van der Waals surface area (Å²) in [6, 6.07) is 21.4. The first-order valence-corrected chi connectivity index (χ1v) is 9.15. The van der Waals surface area contributed by atoms with E-state index in [4.69, 9.17) is 9.52 Å². The highest BCUT2D eigenvalue weighted by molar-refractivity contribution is 5.94. The van der Waals surface area contributed by atoms with E-state index in [1.54, 1.807) is 17.0 Å². The van der Waals surface area contributed by atoms with Gasteiger partial charge in [-0.05, 0) is 43.7 Å². The molecule has 0 atom stereocenters. The van der Waals surface area contributed by atoms with Gasteiger partial charge in [0.05, 0.1) is 24.2 Å². The standard InChI is InChI=1S/C23H21N3O2/c1-16-10-11-21(17(2)13-16)26-22(23(27)24-15-19-9-6-12-28-19)14-20(25-26)18-7-4-3-5-8-18/h3-14H,15H2,1-2H3,(H,24,27). The van der Waals surface area contributed by atoms with Gasteiger partial charge in [0.25, 0.3) is 5.91 Å². The van der Waals surface area contributed by atoms with Gasteiger partial charge in [-0.15, -0.1) is 0 Å². The van der Waals surface area contributed by atoms with Crippen molar-refractivity contribution in [3.63, 3.8) is 0 Å². The van der Waals surface area contributed by atoms with Gasteiger partial charge in [0.1, 0.15) is 11.5 Å². The van der Waals surface area contributed by atoms with Crippen LogP contribution in [0.25, 0.3) is 16.9 Å². The third-order valence-corrected chi connectivity index (χ3v) is 4.60. The maximum Gasteiger partial charge on any atom is 0.270 e. The molecule has 2 aromatic carbocycles. The van der Waals surface area contributed by atoms with E-state index >= 15 is 0 Å². The summed E-state index contributed by atoms with van der Waals surface area (Å²) in [5.41, 5.74) is 5.31. The second-order valence-electron chi connectivity index (χ2n) is 6.74. The molecule has 0 aliphatic rings. The molecule has 140 valence electrons. The van der Waals surface area contributed by atoms with Crippen molar-refractivity contribution in [1.29, 1.82) is 0 Å². The molecule has 0 aliphatic heterocycles. The van der Waals surface area contributed by atoms with Gasteiger partial charge in [-0.25, -0.2) is 4.68 Å². The summed E-state index contributed by atoms with van der Waals surface area (Å²) in [7, 11) is 0. The second kappa shape index (κ2) is 7.56. The molecule has 28 heavy (non-hydrogen) atoms. The van der Waals surface area contributed by atoms with E-state index in [-0.39, 0.29) is 5.91 Å². The Kier molecular flexibility index (Phi) is 4.81. The predicted octanol–water partition coefficient (Wildman–Crippen LogP) is 4.68. The molecule has 2 heterocycles. The van der Waals surface area contributed by atoms with E-state index in [2.05, 4.69) is 11.4 Å². The molecule has 0 bridgehead atoms. The zero-order valence-corrected chi connectivity index (χ0v) is 15.8. The van der Waals surface area contributed by atoms with Gasteiger partial charge in [-0.2, -0.15) is 5.10 Å². The molecule has 0 aliphatic carbocycles. The van der Waals surface area contributed by atoms with Crippen LogP contribution in [0.1, 0.15) is 27.4 Å². The molecule has 0 radical (unpaired) electrons. The van der Waals surface area contributed by atoms with Crippen LogP contribution in [0.3, 0.4) is 0 Å². The number of amides is 1. The number of benzene rings is 2. The number of nitrogens with zero attached hydrogens (tertiary/aromatic N) is 2. The fourth-order valence-corrected chi connectivity index (χ4v) is 3.19. The van der Waals surface area contributed by atoms with Crippen LogP contribution in [0.15, 0.2) is 77.4 Å². The number of aryl methyl sites for hydroxylation is 2. The molecule has 0 spiro atoms. The lowest BCUT2D eigenvalue weighted by Crippen LogP contribution is -2.25. The minimum absolute atomic E-state index is 0.203. The largest absolute Gasteiger partial charge is 0.467 e. The Morgan fingerprint density at radius 1 is 1.04 bits per heavy atom. The van der Waals surface area contributed by atoms with Crippen LogP contribution in [0.2, 0.25) is 0 Å². The first-order valence-electron chi connectivity index (χ1n) is 9.15. The van der Waals surface area contributed by atoms with Crippen LogP contribution in [-0.2, 0) is 6.54 Å². The van der Waals surface area contributed by atoms with Crippen molar-refractivity contribution in [3.8, 4) is 16.9 Å². The summed E-state index contributed by atoms with van der Waals surface area (Å²) in [4.78, 5) is 12.9. The minimum atomic E-state index is -0.203. The first-order chi connectivity index (χ1) is 13.6. The zero-order valence-electron chi connectivity index (χ0n) is 15.8. The normalized spacial score (nSPS) is 10.8. The summed E-state index contributed by atoms with van der Waals surface area (Å²) in [5.74, 6) is 0.500. The fraction of sp³-hybridized carbons (Fsp3) is 0.130. The van der Waals surface area contributed by atoms with Crippen molar-refractivity contribution in [3.05, 3.63) is 95.6 Å². The number of hydrogen-bond donors (Lipinski definition) is 1. The Morgan fingerprint density at radius 2 is 1.86 bits per heavy atom. The number of furan rings is 1. The predicted molar refractivity (Wildman–Crippen MR) is 108 cm³/mol. The highest BCUT2D eigenvalue weighted by atomic mass is 16.3. The monoisotopic (exact) mass is 371 g/mol. The van der Waals surface area contributed by atoms with Crippen molar-refractivity contribution in [2.24, 2.45) is 0 Å². The number of carbonyl (C=O) groups excluding carboxylic acids is 1. The third kappa shape index (κ3) is 3.60. The molecule has 1 amide bonds. The molecular formula is C23H21N3O2. The van der Waals surface area contributed by atoms with Gasteiger partial charge in [0.2, 0.25) is 0 Å². The molecule has 0 fully saturated rings. The smallest absolute Gasteiger partial charge is 0.270 e. The van der Waals surface area contributed by atoms with Crippen LogP contribution in [-0.4, -0.2) is 15.7 Å². The number of hydrogen-bond acceptors (Lipinski definition) is 3. The minimum Gasteiger partial charge on any atom is -0.467 e. The molecule has 0 unspecified atom stereocenters. The third-order valence-electron chi connectivity index (χ3n) is 4.60. The summed E-state index contributed by atoms with van der Waals surface area (Å²) in [6.07, 6.45) is 1.59. The van der Waals surface area contributed by atoms with Crippen LogP contribution in [0, 0.1) is 13.8 Å². The van der Waals surface area contributed by atoms with E-state index in [9.17, 15) is 4.79 Å². The van der Waals surface area contributed by atoms with Crippen molar-refractivity contribution in [2.45, 2.75) is 20.4 Å². The highest BCUT2D eigenvalue weighted by Gasteiger charge is 2.19. The Bertz CT molecular complexity index is 1100. The maximum atomic E-state index is 12.9. The zero-order chi connectivity index (χ0) is 19.5. The lowest BCUT2D eigenvalue weighted by atomic mass is 10.1. The molecule has 4 rings (SSSR count).